The van der Waals surface area contributed by atoms with E-state index in [9.17, 15) is 20.0 Å². The number of nitrogens with one attached hydrogen (secondary N) is 1. The first kappa shape index (κ1) is 16.8. The van der Waals surface area contributed by atoms with Gasteiger partial charge in [0.2, 0.25) is 5.82 Å². The van der Waals surface area contributed by atoms with Crippen LogP contribution in [0.2, 0.25) is 0 Å². The molecule has 8 nitrogen and oxygen atoms in total. The SMILES string of the molecule is COC(=O)c1ccc([N+](=O)[O-])c(NC(C)(C)C(C)(C)O)n1. The van der Waals surface area contributed by atoms with Crippen molar-refractivity contribution in [3.8, 4) is 0 Å². The van der Waals surface area contributed by atoms with Gasteiger partial charge in [0.05, 0.1) is 23.2 Å². The Hall–Kier alpha value is -2.22. The molecule has 0 aromatic carbocycles. The predicted molar refractivity (Wildman–Crippen MR) is 76.2 cm³/mol. The Morgan fingerprint density at radius 1 is 1.38 bits per heavy atom. The van der Waals surface area contributed by atoms with Crippen LogP contribution in [0.3, 0.4) is 0 Å². The summed E-state index contributed by atoms with van der Waals surface area (Å²) in [6.45, 7) is 6.47. The summed E-state index contributed by atoms with van der Waals surface area (Å²) in [6.07, 6.45) is 0. The quantitative estimate of drug-likeness (QED) is 0.483. The summed E-state index contributed by atoms with van der Waals surface area (Å²) in [6, 6.07) is 2.38. The minimum Gasteiger partial charge on any atom is -0.464 e. The van der Waals surface area contributed by atoms with Crippen LogP contribution in [-0.2, 0) is 4.74 Å². The number of carbonyl (C=O) groups is 1. The number of methoxy groups -OCH3 is 1. The normalized spacial score (nSPS) is 11.9. The summed E-state index contributed by atoms with van der Waals surface area (Å²) < 4.78 is 4.54. The summed E-state index contributed by atoms with van der Waals surface area (Å²) in [5.41, 5.74) is -2.44. The molecular weight excluding hydrogens is 278 g/mol. The Morgan fingerprint density at radius 2 is 1.95 bits per heavy atom. The molecule has 0 aliphatic rings. The number of hydrogen-bond donors (Lipinski definition) is 2. The number of hydrogen-bond acceptors (Lipinski definition) is 7. The number of nitro groups is 1. The first-order chi connectivity index (χ1) is 9.49. The number of ether oxygens (including phenoxy) is 1. The van der Waals surface area contributed by atoms with E-state index in [2.05, 4.69) is 15.0 Å². The van der Waals surface area contributed by atoms with Gasteiger partial charge in [0.15, 0.2) is 5.69 Å². The molecule has 1 aromatic rings. The lowest BCUT2D eigenvalue weighted by Gasteiger charge is -2.38. The lowest BCUT2D eigenvalue weighted by molar-refractivity contribution is -0.384. The molecule has 0 bridgehead atoms. The van der Waals surface area contributed by atoms with E-state index in [1.54, 1.807) is 27.7 Å². The molecule has 0 aliphatic carbocycles. The van der Waals surface area contributed by atoms with Gasteiger partial charge in [0.25, 0.3) is 0 Å². The lowest BCUT2D eigenvalue weighted by atomic mass is 9.86. The van der Waals surface area contributed by atoms with E-state index in [4.69, 9.17) is 0 Å². The van der Waals surface area contributed by atoms with Gasteiger partial charge in [0.1, 0.15) is 0 Å². The van der Waals surface area contributed by atoms with Crippen LogP contribution in [-0.4, -0.2) is 39.2 Å². The molecule has 1 aromatic heterocycles. The second-order valence-corrected chi connectivity index (χ2v) is 5.62. The Morgan fingerprint density at radius 3 is 2.38 bits per heavy atom. The fourth-order valence-electron chi connectivity index (χ4n) is 1.36. The molecule has 0 radical (unpaired) electrons. The second-order valence-electron chi connectivity index (χ2n) is 5.62. The molecule has 0 aliphatic heterocycles. The maximum Gasteiger partial charge on any atom is 0.356 e. The number of nitrogens with zero attached hydrogens (tertiary/aromatic N) is 2. The van der Waals surface area contributed by atoms with Crippen LogP contribution in [0, 0.1) is 10.1 Å². The van der Waals surface area contributed by atoms with Crippen molar-refractivity contribution in [2.75, 3.05) is 12.4 Å². The minimum atomic E-state index is -1.18. The van der Waals surface area contributed by atoms with Gasteiger partial charge in [-0.1, -0.05) is 0 Å². The van der Waals surface area contributed by atoms with Crippen LogP contribution in [0.5, 0.6) is 0 Å². The molecule has 1 heterocycles. The number of pyridine rings is 1. The highest BCUT2D eigenvalue weighted by atomic mass is 16.6. The second kappa shape index (κ2) is 5.65. The molecular formula is C13H19N3O5. The number of rotatable bonds is 5. The molecule has 0 saturated carbocycles. The van der Waals surface area contributed by atoms with Gasteiger partial charge < -0.3 is 15.2 Å². The molecule has 116 valence electrons. The third-order valence-electron chi connectivity index (χ3n) is 3.43. The van der Waals surface area contributed by atoms with Crippen molar-refractivity contribution < 1.29 is 19.6 Å². The topological polar surface area (TPSA) is 115 Å². The Bertz CT molecular complexity index is 563. The molecule has 0 saturated heterocycles. The van der Waals surface area contributed by atoms with E-state index in [0.29, 0.717) is 0 Å². The van der Waals surface area contributed by atoms with Gasteiger partial charge in [-0.25, -0.2) is 9.78 Å². The van der Waals surface area contributed by atoms with E-state index in [1.807, 2.05) is 0 Å². The zero-order valence-electron chi connectivity index (χ0n) is 12.6. The summed E-state index contributed by atoms with van der Waals surface area (Å²) in [5, 5.41) is 24.0. The van der Waals surface area contributed by atoms with Gasteiger partial charge in [-0.3, -0.25) is 10.1 Å². The summed E-state index contributed by atoms with van der Waals surface area (Å²) in [7, 11) is 1.19. The maximum atomic E-state index is 11.5. The largest absolute Gasteiger partial charge is 0.464 e. The molecule has 1 rings (SSSR count). The van der Waals surface area contributed by atoms with Gasteiger partial charge in [-0.15, -0.1) is 0 Å². The van der Waals surface area contributed by atoms with Gasteiger partial charge in [0, 0.05) is 6.07 Å². The highest BCUT2D eigenvalue weighted by molar-refractivity contribution is 5.88. The first-order valence-electron chi connectivity index (χ1n) is 6.24. The maximum absolute atomic E-state index is 11.5. The van der Waals surface area contributed by atoms with E-state index in [1.165, 1.54) is 19.2 Å². The number of anilines is 1. The fraction of sp³-hybridized carbons (Fsp3) is 0.538. The van der Waals surface area contributed by atoms with Crippen LogP contribution < -0.4 is 5.32 Å². The smallest absolute Gasteiger partial charge is 0.356 e. The highest BCUT2D eigenvalue weighted by Crippen LogP contribution is 2.30. The molecule has 21 heavy (non-hydrogen) atoms. The van der Waals surface area contributed by atoms with Crippen LogP contribution in [0.15, 0.2) is 12.1 Å². The number of aromatic nitrogens is 1. The van der Waals surface area contributed by atoms with Crippen LogP contribution in [0.25, 0.3) is 0 Å². The lowest BCUT2D eigenvalue weighted by Crippen LogP contribution is -2.51. The van der Waals surface area contributed by atoms with E-state index < -0.39 is 22.0 Å². The Balaban J connectivity index is 3.31. The molecule has 2 N–H and O–H groups in total. The van der Waals surface area contributed by atoms with Crippen LogP contribution in [0.1, 0.15) is 38.2 Å². The van der Waals surface area contributed by atoms with Crippen molar-refractivity contribution in [1.29, 1.82) is 0 Å². The van der Waals surface area contributed by atoms with E-state index in [0.717, 1.165) is 0 Å². The van der Waals surface area contributed by atoms with Crippen molar-refractivity contribution in [3.63, 3.8) is 0 Å². The minimum absolute atomic E-state index is 0.0582. The first-order valence-corrected chi connectivity index (χ1v) is 6.24. The monoisotopic (exact) mass is 297 g/mol. The number of carbonyl (C=O) groups excluding carboxylic acids is 1. The predicted octanol–water partition coefficient (Wildman–Crippen LogP) is 1.74. The third kappa shape index (κ3) is 3.66. The van der Waals surface area contributed by atoms with E-state index in [-0.39, 0.29) is 17.2 Å². The highest BCUT2D eigenvalue weighted by Gasteiger charge is 2.37. The number of esters is 1. The van der Waals surface area contributed by atoms with Crippen molar-refractivity contribution in [2.45, 2.75) is 38.8 Å². The zero-order chi connectivity index (χ0) is 16.4. The van der Waals surface area contributed by atoms with Crippen molar-refractivity contribution in [3.05, 3.63) is 27.9 Å². The summed E-state index contributed by atoms with van der Waals surface area (Å²) >= 11 is 0. The average molecular weight is 297 g/mol. The van der Waals surface area contributed by atoms with Gasteiger partial charge in [-0.2, -0.15) is 0 Å². The Labute approximate surface area is 122 Å². The van der Waals surface area contributed by atoms with Crippen LogP contribution >= 0.6 is 0 Å². The molecule has 8 heteroatoms. The van der Waals surface area contributed by atoms with Gasteiger partial charge >= 0.3 is 11.7 Å². The molecule has 0 unspecified atom stereocenters. The van der Waals surface area contributed by atoms with Crippen molar-refractivity contribution >= 4 is 17.5 Å². The molecule has 0 amide bonds. The number of aliphatic hydroxyl groups is 1. The van der Waals surface area contributed by atoms with Crippen LogP contribution in [0.4, 0.5) is 11.5 Å². The summed E-state index contributed by atoms with van der Waals surface area (Å²) in [5.74, 6) is -0.802. The fourth-order valence-corrected chi connectivity index (χ4v) is 1.36. The Kier molecular flexibility index (Phi) is 4.52. The molecule has 0 spiro atoms. The molecule has 0 fully saturated rings. The third-order valence-corrected chi connectivity index (χ3v) is 3.43. The van der Waals surface area contributed by atoms with Crippen molar-refractivity contribution in [1.82, 2.24) is 4.98 Å². The standard InChI is InChI=1S/C13H19N3O5/c1-12(2,13(3,4)18)15-10-9(16(19)20)7-6-8(14-10)11(17)21-5/h6-7,18H,1-5H3,(H,14,15). The van der Waals surface area contributed by atoms with E-state index >= 15 is 0 Å². The average Bonchev–Trinajstić information content (AvgIpc) is 2.35. The van der Waals surface area contributed by atoms with Crippen molar-refractivity contribution in [2.24, 2.45) is 0 Å². The van der Waals surface area contributed by atoms with Gasteiger partial charge in [-0.05, 0) is 33.8 Å². The zero-order valence-corrected chi connectivity index (χ0v) is 12.6. The molecule has 0 atom stereocenters. The summed E-state index contributed by atoms with van der Waals surface area (Å²) in [4.78, 5) is 25.8.